The molecule has 1 unspecified atom stereocenters. The van der Waals surface area contributed by atoms with Crippen molar-refractivity contribution in [3.63, 3.8) is 0 Å². The lowest BCUT2D eigenvalue weighted by Gasteiger charge is -1.83. The molecule has 0 spiro atoms. The molecule has 0 aliphatic heterocycles. The normalized spacial score (nSPS) is 11.2. The Morgan fingerprint density at radius 1 is 1.30 bits per heavy atom. The second-order valence-electron chi connectivity index (χ2n) is 1.75. The van der Waals surface area contributed by atoms with Gasteiger partial charge in [-0.2, -0.15) is 4.89 Å². The van der Waals surface area contributed by atoms with Gasteiger partial charge in [-0.1, -0.05) is 15.9 Å². The average molecular weight is 220 g/mol. The molecule has 0 radical (unpaired) electrons. The zero-order chi connectivity index (χ0) is 7.56. The van der Waals surface area contributed by atoms with Crippen LogP contribution in [-0.4, -0.2) is 4.89 Å². The largest absolute Gasteiger partial charge is 0.546 e. The van der Waals surface area contributed by atoms with Crippen LogP contribution in [0.3, 0.4) is 0 Å². The summed E-state index contributed by atoms with van der Waals surface area (Å²) in [6.45, 7) is 0. The molecule has 0 saturated heterocycles. The fourth-order valence-corrected chi connectivity index (χ4v) is 1.24. The maximum absolute atomic E-state index is 10.4. The minimum Gasteiger partial charge on any atom is -0.156 e. The predicted molar refractivity (Wildman–Crippen MR) is 43.6 cm³/mol. The summed E-state index contributed by atoms with van der Waals surface area (Å²) in [5.74, 6) is 0. The molecule has 0 heterocycles. The number of halogens is 1. The smallest absolute Gasteiger partial charge is 0.156 e. The van der Waals surface area contributed by atoms with Crippen molar-refractivity contribution in [3.05, 3.63) is 28.7 Å². The zero-order valence-electron chi connectivity index (χ0n) is 4.99. The Hall–Kier alpha value is -0.240. The number of rotatable bonds is 1. The van der Waals surface area contributed by atoms with Gasteiger partial charge < -0.3 is 0 Å². The van der Waals surface area contributed by atoms with Crippen molar-refractivity contribution >= 4 is 29.3 Å². The zero-order valence-corrected chi connectivity index (χ0v) is 7.47. The first-order valence-electron chi connectivity index (χ1n) is 2.62. The van der Waals surface area contributed by atoms with Gasteiger partial charge in [0.1, 0.15) is 0 Å². The van der Waals surface area contributed by atoms with Crippen molar-refractivity contribution in [2.45, 2.75) is 0 Å². The lowest BCUT2D eigenvalue weighted by molar-refractivity contribution is 0.513. The second kappa shape index (κ2) is 3.24. The molecular formula is C6H5BrO2P+. The van der Waals surface area contributed by atoms with Crippen LogP contribution in [0.15, 0.2) is 28.7 Å². The number of hydrogen-bond acceptors (Lipinski definition) is 1. The van der Waals surface area contributed by atoms with Crippen LogP contribution in [0.4, 0.5) is 0 Å². The molecule has 10 heavy (non-hydrogen) atoms. The second-order valence-corrected chi connectivity index (χ2v) is 3.73. The highest BCUT2D eigenvalue weighted by Crippen LogP contribution is 2.14. The third-order valence-electron chi connectivity index (χ3n) is 1.05. The molecule has 0 bridgehead atoms. The quantitative estimate of drug-likeness (QED) is 0.732. The van der Waals surface area contributed by atoms with Crippen LogP contribution >= 0.6 is 24.0 Å². The van der Waals surface area contributed by atoms with E-state index in [0.29, 0.717) is 5.30 Å². The third-order valence-corrected chi connectivity index (χ3v) is 2.32. The molecule has 52 valence electrons. The van der Waals surface area contributed by atoms with Gasteiger partial charge in [0, 0.05) is 4.47 Å². The van der Waals surface area contributed by atoms with E-state index in [2.05, 4.69) is 15.9 Å². The van der Waals surface area contributed by atoms with Crippen LogP contribution in [0.5, 0.6) is 0 Å². The molecule has 1 atom stereocenters. The Labute approximate surface area is 67.9 Å². The van der Waals surface area contributed by atoms with Crippen LogP contribution in [0.1, 0.15) is 0 Å². The highest BCUT2D eigenvalue weighted by molar-refractivity contribution is 9.10. The Morgan fingerprint density at radius 2 is 1.80 bits per heavy atom. The Balaban J connectivity index is 3.00. The SMILES string of the molecule is O=[P+](O)c1ccc(Br)cc1. The van der Waals surface area contributed by atoms with Gasteiger partial charge in [-0.15, -0.1) is 0 Å². The van der Waals surface area contributed by atoms with Gasteiger partial charge in [-0.25, -0.2) is 0 Å². The van der Waals surface area contributed by atoms with Gasteiger partial charge in [0.2, 0.25) is 5.30 Å². The fourth-order valence-electron chi connectivity index (χ4n) is 0.569. The average Bonchev–Trinajstić information content (AvgIpc) is 1.88. The molecule has 0 aliphatic carbocycles. The third kappa shape index (κ3) is 1.87. The van der Waals surface area contributed by atoms with E-state index in [1.807, 2.05) is 0 Å². The molecule has 0 aromatic heterocycles. The summed E-state index contributed by atoms with van der Waals surface area (Å²) in [6.07, 6.45) is 0. The summed E-state index contributed by atoms with van der Waals surface area (Å²) in [5.41, 5.74) is 0. The molecule has 1 N–H and O–H groups in total. The maximum atomic E-state index is 10.4. The van der Waals surface area contributed by atoms with Crippen LogP contribution in [0, 0.1) is 0 Å². The van der Waals surface area contributed by atoms with Gasteiger partial charge in [-0.05, 0) is 28.8 Å². The number of hydrogen-bond donors (Lipinski definition) is 1. The topological polar surface area (TPSA) is 37.3 Å². The van der Waals surface area contributed by atoms with Crippen molar-refractivity contribution < 1.29 is 9.46 Å². The van der Waals surface area contributed by atoms with E-state index in [1.54, 1.807) is 24.3 Å². The van der Waals surface area contributed by atoms with Gasteiger partial charge in [0.05, 0.1) is 0 Å². The van der Waals surface area contributed by atoms with Crippen molar-refractivity contribution in [2.75, 3.05) is 0 Å². The highest BCUT2D eigenvalue weighted by Gasteiger charge is 2.13. The first-order chi connectivity index (χ1) is 4.70. The number of benzene rings is 1. The minimum absolute atomic E-state index is 0.457. The standard InChI is InChI=1S/C6H4BrO2P/c7-5-1-3-6(4-2-5)10(8)9/h1-4H/p+1. The maximum Gasteiger partial charge on any atom is 0.546 e. The van der Waals surface area contributed by atoms with E-state index < -0.39 is 8.03 Å². The van der Waals surface area contributed by atoms with Crippen LogP contribution in [0.25, 0.3) is 0 Å². The molecule has 0 aliphatic rings. The first-order valence-corrected chi connectivity index (χ1v) is 4.62. The molecule has 1 aromatic rings. The summed E-state index contributed by atoms with van der Waals surface area (Å²) in [4.78, 5) is 8.61. The van der Waals surface area contributed by atoms with Crippen molar-refractivity contribution in [2.24, 2.45) is 0 Å². The van der Waals surface area contributed by atoms with Crippen molar-refractivity contribution in [1.29, 1.82) is 0 Å². The van der Waals surface area contributed by atoms with Crippen LogP contribution in [0.2, 0.25) is 0 Å². The summed E-state index contributed by atoms with van der Waals surface area (Å²) in [5, 5.41) is 0.457. The first kappa shape index (κ1) is 7.86. The Bertz CT molecular complexity index is 244. The lowest BCUT2D eigenvalue weighted by Crippen LogP contribution is -1.92. The molecule has 1 aromatic carbocycles. The molecule has 0 amide bonds. The van der Waals surface area contributed by atoms with Crippen molar-refractivity contribution in [1.82, 2.24) is 0 Å². The molecule has 4 heteroatoms. The minimum atomic E-state index is -2.18. The summed E-state index contributed by atoms with van der Waals surface area (Å²) in [7, 11) is -2.18. The molecule has 0 saturated carbocycles. The van der Waals surface area contributed by atoms with E-state index in [4.69, 9.17) is 4.89 Å². The Morgan fingerprint density at radius 3 is 2.20 bits per heavy atom. The monoisotopic (exact) mass is 219 g/mol. The van der Waals surface area contributed by atoms with E-state index in [1.165, 1.54) is 0 Å². The highest BCUT2D eigenvalue weighted by atomic mass is 79.9. The van der Waals surface area contributed by atoms with E-state index in [0.717, 1.165) is 4.47 Å². The predicted octanol–water partition coefficient (Wildman–Crippen LogP) is 1.81. The van der Waals surface area contributed by atoms with Gasteiger partial charge >= 0.3 is 8.03 Å². The van der Waals surface area contributed by atoms with Gasteiger partial charge in [0.25, 0.3) is 0 Å². The molecule has 0 fully saturated rings. The van der Waals surface area contributed by atoms with Gasteiger partial charge in [0.15, 0.2) is 0 Å². The molecule has 2 nitrogen and oxygen atoms in total. The van der Waals surface area contributed by atoms with E-state index >= 15 is 0 Å². The lowest BCUT2D eigenvalue weighted by atomic mass is 10.4. The summed E-state index contributed by atoms with van der Waals surface area (Å²) < 4.78 is 11.4. The molecule has 1 rings (SSSR count). The van der Waals surface area contributed by atoms with E-state index in [-0.39, 0.29) is 0 Å². The summed E-state index contributed by atoms with van der Waals surface area (Å²) in [6, 6.07) is 6.70. The summed E-state index contributed by atoms with van der Waals surface area (Å²) >= 11 is 3.22. The Kier molecular flexibility index (Phi) is 2.55. The fraction of sp³-hybridized carbons (Fsp3) is 0. The van der Waals surface area contributed by atoms with Crippen molar-refractivity contribution in [3.8, 4) is 0 Å². The molecular weight excluding hydrogens is 215 g/mol. The van der Waals surface area contributed by atoms with Crippen LogP contribution in [-0.2, 0) is 4.57 Å². The van der Waals surface area contributed by atoms with E-state index in [9.17, 15) is 4.57 Å². The van der Waals surface area contributed by atoms with Gasteiger partial charge in [-0.3, -0.25) is 0 Å². The van der Waals surface area contributed by atoms with Crippen LogP contribution < -0.4 is 5.30 Å².